The first-order chi connectivity index (χ1) is 15.7. The first kappa shape index (κ1) is 25.8. The Labute approximate surface area is 194 Å². The summed E-state index contributed by atoms with van der Waals surface area (Å²) in [5.41, 5.74) is 3.29. The van der Waals surface area contributed by atoms with E-state index in [1.165, 1.54) is 31.2 Å². The molecule has 0 unspecified atom stereocenters. The highest BCUT2D eigenvalue weighted by atomic mass is 16.5. The minimum atomic E-state index is -0.221. The lowest BCUT2D eigenvalue weighted by Gasteiger charge is -2.07. The standard InChI is InChI=1S/C28H39NO3/c1-3-5-6-7-8-11-14-28(30)32-26-19-20-27(29-23-26)25-17-15-24(16-18-25)13-10-9-12-22-31-21-4-2/h7-8,15-20,23H,3-6,9-14,21-22H2,1-2H3/b8-7+. The smallest absolute Gasteiger partial charge is 0.311 e. The van der Waals surface area contributed by atoms with Gasteiger partial charge in [0.25, 0.3) is 0 Å². The van der Waals surface area contributed by atoms with Crippen LogP contribution in [0.4, 0.5) is 0 Å². The van der Waals surface area contributed by atoms with Gasteiger partial charge in [-0.3, -0.25) is 9.78 Å². The maximum absolute atomic E-state index is 12.0. The second-order valence-electron chi connectivity index (χ2n) is 8.13. The molecular weight excluding hydrogens is 398 g/mol. The van der Waals surface area contributed by atoms with Gasteiger partial charge in [-0.05, 0) is 56.2 Å². The summed E-state index contributed by atoms with van der Waals surface area (Å²) in [5, 5.41) is 0. The number of ether oxygens (including phenoxy) is 2. The van der Waals surface area contributed by atoms with E-state index in [4.69, 9.17) is 9.47 Å². The highest BCUT2D eigenvalue weighted by Gasteiger charge is 2.06. The van der Waals surface area contributed by atoms with Crippen molar-refractivity contribution in [3.63, 3.8) is 0 Å². The van der Waals surface area contributed by atoms with Crippen molar-refractivity contribution in [2.45, 2.75) is 78.1 Å². The Balaban J connectivity index is 1.71. The molecule has 0 aliphatic carbocycles. The van der Waals surface area contributed by atoms with Crippen LogP contribution >= 0.6 is 0 Å². The number of nitrogens with zero attached hydrogens (tertiary/aromatic N) is 1. The average molecular weight is 438 g/mol. The van der Waals surface area contributed by atoms with E-state index in [1.807, 2.05) is 12.1 Å². The molecule has 1 heterocycles. The summed E-state index contributed by atoms with van der Waals surface area (Å²) < 4.78 is 10.9. The lowest BCUT2D eigenvalue weighted by atomic mass is 10.0. The molecule has 1 aromatic heterocycles. The van der Waals surface area contributed by atoms with Crippen LogP contribution in [0, 0.1) is 0 Å². The fraction of sp³-hybridized carbons (Fsp3) is 0.500. The van der Waals surface area contributed by atoms with Gasteiger partial charge in [-0.15, -0.1) is 0 Å². The van der Waals surface area contributed by atoms with Crippen molar-refractivity contribution in [2.75, 3.05) is 13.2 Å². The zero-order valence-electron chi connectivity index (χ0n) is 19.9. The summed E-state index contributed by atoms with van der Waals surface area (Å²) >= 11 is 0. The molecule has 32 heavy (non-hydrogen) atoms. The van der Waals surface area contributed by atoms with E-state index in [1.54, 1.807) is 6.20 Å². The van der Waals surface area contributed by atoms with Crippen LogP contribution in [-0.4, -0.2) is 24.2 Å². The van der Waals surface area contributed by atoms with E-state index >= 15 is 0 Å². The lowest BCUT2D eigenvalue weighted by Crippen LogP contribution is -2.07. The molecule has 0 bridgehead atoms. The molecule has 0 spiro atoms. The maximum Gasteiger partial charge on any atom is 0.311 e. The van der Waals surface area contributed by atoms with Gasteiger partial charge in [-0.2, -0.15) is 0 Å². The fourth-order valence-corrected chi connectivity index (χ4v) is 3.35. The second kappa shape index (κ2) is 16.2. The monoisotopic (exact) mass is 437 g/mol. The summed E-state index contributed by atoms with van der Waals surface area (Å²) in [7, 11) is 0. The number of allylic oxidation sites excluding steroid dienone is 2. The molecule has 0 radical (unpaired) electrons. The highest BCUT2D eigenvalue weighted by Crippen LogP contribution is 2.21. The van der Waals surface area contributed by atoms with Gasteiger partial charge in [-0.1, -0.05) is 69.5 Å². The van der Waals surface area contributed by atoms with Crippen molar-refractivity contribution in [1.29, 1.82) is 0 Å². The summed E-state index contributed by atoms with van der Waals surface area (Å²) in [4.78, 5) is 16.4. The number of carbonyl (C=O) groups excluding carboxylic acids is 1. The number of unbranched alkanes of at least 4 members (excludes halogenated alkanes) is 4. The predicted octanol–water partition coefficient (Wildman–Crippen LogP) is 7.32. The number of aryl methyl sites for hydroxylation is 1. The van der Waals surface area contributed by atoms with Crippen LogP contribution < -0.4 is 4.74 Å². The Morgan fingerprint density at radius 3 is 2.41 bits per heavy atom. The molecule has 0 aliphatic heterocycles. The van der Waals surface area contributed by atoms with Gasteiger partial charge in [0, 0.05) is 25.2 Å². The lowest BCUT2D eigenvalue weighted by molar-refractivity contribution is -0.134. The molecule has 2 aromatic rings. The minimum Gasteiger partial charge on any atom is -0.425 e. The minimum absolute atomic E-state index is 0.221. The predicted molar refractivity (Wildman–Crippen MR) is 132 cm³/mol. The molecule has 0 saturated heterocycles. The van der Waals surface area contributed by atoms with E-state index in [2.05, 4.69) is 55.2 Å². The molecule has 4 nitrogen and oxygen atoms in total. The van der Waals surface area contributed by atoms with E-state index in [0.29, 0.717) is 18.6 Å². The Morgan fingerprint density at radius 2 is 1.69 bits per heavy atom. The molecule has 174 valence electrons. The van der Waals surface area contributed by atoms with Gasteiger partial charge in [0.15, 0.2) is 0 Å². The number of pyridine rings is 1. The summed E-state index contributed by atoms with van der Waals surface area (Å²) in [5.74, 6) is 0.272. The third-order valence-electron chi connectivity index (χ3n) is 5.23. The van der Waals surface area contributed by atoms with Gasteiger partial charge >= 0.3 is 5.97 Å². The van der Waals surface area contributed by atoms with Crippen molar-refractivity contribution in [1.82, 2.24) is 4.98 Å². The molecule has 0 atom stereocenters. The third kappa shape index (κ3) is 10.7. The SMILES string of the molecule is CCCC/C=C/CCC(=O)Oc1ccc(-c2ccc(CCCCCOCCC)cc2)nc1. The average Bonchev–Trinajstić information content (AvgIpc) is 2.82. The van der Waals surface area contributed by atoms with Crippen LogP contribution in [0.3, 0.4) is 0 Å². The molecule has 0 fully saturated rings. The molecule has 0 saturated carbocycles. The zero-order valence-corrected chi connectivity index (χ0v) is 19.9. The van der Waals surface area contributed by atoms with Crippen LogP contribution in [0.25, 0.3) is 11.3 Å². The zero-order chi connectivity index (χ0) is 22.9. The molecule has 1 aromatic carbocycles. The van der Waals surface area contributed by atoms with Gasteiger partial charge in [0.2, 0.25) is 0 Å². The number of esters is 1. The molecule has 0 aliphatic rings. The molecule has 2 rings (SSSR count). The third-order valence-corrected chi connectivity index (χ3v) is 5.23. The Morgan fingerprint density at radius 1 is 0.875 bits per heavy atom. The number of benzene rings is 1. The van der Waals surface area contributed by atoms with Crippen LogP contribution in [0.5, 0.6) is 5.75 Å². The molecule has 0 N–H and O–H groups in total. The van der Waals surface area contributed by atoms with Crippen molar-refractivity contribution < 1.29 is 14.3 Å². The van der Waals surface area contributed by atoms with Crippen molar-refractivity contribution in [3.8, 4) is 17.0 Å². The fourth-order valence-electron chi connectivity index (χ4n) is 3.35. The van der Waals surface area contributed by atoms with Crippen LogP contribution in [0.15, 0.2) is 54.7 Å². The second-order valence-corrected chi connectivity index (χ2v) is 8.13. The quantitative estimate of drug-likeness (QED) is 0.157. The number of rotatable bonds is 16. The van der Waals surface area contributed by atoms with E-state index in [9.17, 15) is 4.79 Å². The number of hydrogen-bond donors (Lipinski definition) is 0. The van der Waals surface area contributed by atoms with Gasteiger partial charge < -0.3 is 9.47 Å². The first-order valence-electron chi connectivity index (χ1n) is 12.2. The van der Waals surface area contributed by atoms with E-state index in [-0.39, 0.29) is 5.97 Å². The number of hydrogen-bond acceptors (Lipinski definition) is 4. The maximum atomic E-state index is 12.0. The van der Waals surface area contributed by atoms with E-state index < -0.39 is 0 Å². The summed E-state index contributed by atoms with van der Waals surface area (Å²) in [6.07, 6.45) is 16.1. The van der Waals surface area contributed by atoms with Crippen molar-refractivity contribution in [2.24, 2.45) is 0 Å². The van der Waals surface area contributed by atoms with Gasteiger partial charge in [-0.25, -0.2) is 0 Å². The van der Waals surface area contributed by atoms with Gasteiger partial charge in [0.05, 0.1) is 11.9 Å². The van der Waals surface area contributed by atoms with E-state index in [0.717, 1.165) is 50.2 Å². The van der Waals surface area contributed by atoms with Crippen LogP contribution in [-0.2, 0) is 16.0 Å². The molecule has 0 amide bonds. The van der Waals surface area contributed by atoms with Crippen LogP contribution in [0.2, 0.25) is 0 Å². The largest absolute Gasteiger partial charge is 0.425 e. The Kier molecular flexibility index (Phi) is 13.1. The Hall–Kier alpha value is -2.46. The molecule has 4 heteroatoms. The van der Waals surface area contributed by atoms with Crippen molar-refractivity contribution in [3.05, 3.63) is 60.3 Å². The highest BCUT2D eigenvalue weighted by molar-refractivity contribution is 5.72. The van der Waals surface area contributed by atoms with Gasteiger partial charge in [0.1, 0.15) is 5.75 Å². The number of aromatic nitrogens is 1. The molecular formula is C28H39NO3. The van der Waals surface area contributed by atoms with Crippen LogP contribution in [0.1, 0.15) is 77.2 Å². The van der Waals surface area contributed by atoms with Crippen molar-refractivity contribution >= 4 is 5.97 Å². The normalized spacial score (nSPS) is 11.2. The summed E-state index contributed by atoms with van der Waals surface area (Å²) in [6.45, 7) is 6.06. The summed E-state index contributed by atoms with van der Waals surface area (Å²) in [6, 6.07) is 12.3. The number of carbonyl (C=O) groups is 1. The Bertz CT molecular complexity index is 781. The first-order valence-corrected chi connectivity index (χ1v) is 12.2. The topological polar surface area (TPSA) is 48.4 Å².